The molecule has 140 valence electrons. The van der Waals surface area contributed by atoms with Crippen molar-refractivity contribution in [2.45, 2.75) is 13.3 Å². The van der Waals surface area contributed by atoms with E-state index in [0.29, 0.717) is 40.5 Å². The van der Waals surface area contributed by atoms with Crippen molar-refractivity contribution in [2.75, 3.05) is 19.0 Å². The van der Waals surface area contributed by atoms with E-state index in [4.69, 9.17) is 21.1 Å². The highest BCUT2D eigenvalue weighted by atomic mass is 35.5. The van der Waals surface area contributed by atoms with E-state index in [1.165, 1.54) is 12.1 Å². The number of carbonyl (C=O) groups is 1. The highest BCUT2D eigenvalue weighted by Crippen LogP contribution is 2.40. The van der Waals surface area contributed by atoms with Gasteiger partial charge in [-0.1, -0.05) is 24.6 Å². The molecular formula is C19H17ClN2O5. The number of benzene rings is 2. The number of ether oxygens (including phenoxy) is 2. The third-order valence-electron chi connectivity index (χ3n) is 4.03. The molecule has 1 heterocycles. The quantitative estimate of drug-likeness (QED) is 0.445. The Morgan fingerprint density at radius 1 is 1.26 bits per heavy atom. The smallest absolute Gasteiger partial charge is 0.288 e. The maximum atomic E-state index is 12.4. The fourth-order valence-electron chi connectivity index (χ4n) is 2.76. The van der Waals surface area contributed by atoms with E-state index in [9.17, 15) is 14.9 Å². The minimum absolute atomic E-state index is 0.0278. The van der Waals surface area contributed by atoms with Crippen LogP contribution in [0.3, 0.4) is 0 Å². The number of amides is 1. The van der Waals surface area contributed by atoms with Crippen LogP contribution in [0.5, 0.6) is 11.5 Å². The summed E-state index contributed by atoms with van der Waals surface area (Å²) < 4.78 is 11.0. The van der Waals surface area contributed by atoms with Crippen LogP contribution in [-0.4, -0.2) is 24.5 Å². The number of nitrogens with one attached hydrogen (secondary N) is 1. The summed E-state index contributed by atoms with van der Waals surface area (Å²) in [6.07, 6.45) is 2.49. The number of halogens is 1. The van der Waals surface area contributed by atoms with Gasteiger partial charge in [0.05, 0.1) is 24.3 Å². The van der Waals surface area contributed by atoms with Crippen molar-refractivity contribution in [3.63, 3.8) is 0 Å². The van der Waals surface area contributed by atoms with Gasteiger partial charge in [0.25, 0.3) is 11.6 Å². The van der Waals surface area contributed by atoms with E-state index in [1.54, 1.807) is 31.4 Å². The Hall–Kier alpha value is -3.06. The van der Waals surface area contributed by atoms with Crippen molar-refractivity contribution in [1.29, 1.82) is 0 Å². The average molecular weight is 389 g/mol. The molecule has 0 spiro atoms. The Kier molecular flexibility index (Phi) is 5.32. The number of nitrogens with zero attached hydrogens (tertiary/aromatic N) is 1. The molecule has 27 heavy (non-hydrogen) atoms. The molecule has 0 radical (unpaired) electrons. The predicted molar refractivity (Wildman–Crippen MR) is 103 cm³/mol. The van der Waals surface area contributed by atoms with Gasteiger partial charge in [0.1, 0.15) is 5.02 Å². The zero-order chi connectivity index (χ0) is 19.6. The number of methoxy groups -OCH3 is 1. The van der Waals surface area contributed by atoms with Gasteiger partial charge in [-0.25, -0.2) is 0 Å². The molecule has 7 nitrogen and oxygen atoms in total. The first kappa shape index (κ1) is 18.7. The number of hydrogen-bond donors (Lipinski definition) is 1. The largest absolute Gasteiger partial charge is 0.493 e. The summed E-state index contributed by atoms with van der Waals surface area (Å²) >= 11 is 5.92. The summed E-state index contributed by atoms with van der Waals surface area (Å²) in [6, 6.07) is 7.98. The van der Waals surface area contributed by atoms with Gasteiger partial charge >= 0.3 is 0 Å². The van der Waals surface area contributed by atoms with Gasteiger partial charge in [-0.2, -0.15) is 0 Å². The van der Waals surface area contributed by atoms with Gasteiger partial charge in [-0.15, -0.1) is 0 Å². The third kappa shape index (κ3) is 3.73. The van der Waals surface area contributed by atoms with Crippen LogP contribution in [0.25, 0.3) is 11.6 Å². The van der Waals surface area contributed by atoms with E-state index in [0.717, 1.165) is 6.42 Å². The number of hydrogen-bond acceptors (Lipinski definition) is 5. The molecule has 0 saturated carbocycles. The lowest BCUT2D eigenvalue weighted by atomic mass is 10.0. The van der Waals surface area contributed by atoms with Gasteiger partial charge < -0.3 is 14.8 Å². The molecule has 1 aliphatic heterocycles. The van der Waals surface area contributed by atoms with E-state index < -0.39 is 4.92 Å². The molecule has 1 N–H and O–H groups in total. The third-order valence-corrected chi connectivity index (χ3v) is 4.33. The molecule has 0 unspecified atom stereocenters. The van der Waals surface area contributed by atoms with E-state index in [1.807, 2.05) is 6.92 Å². The molecule has 0 atom stereocenters. The van der Waals surface area contributed by atoms with Crippen LogP contribution in [0, 0.1) is 10.1 Å². The van der Waals surface area contributed by atoms with Crippen LogP contribution in [0.2, 0.25) is 5.02 Å². The first-order valence-corrected chi connectivity index (χ1v) is 8.64. The maximum absolute atomic E-state index is 12.4. The molecular weight excluding hydrogens is 372 g/mol. The summed E-state index contributed by atoms with van der Waals surface area (Å²) in [5, 5.41) is 13.8. The summed E-state index contributed by atoms with van der Waals surface area (Å²) in [5.41, 5.74) is 1.65. The summed E-state index contributed by atoms with van der Waals surface area (Å²) in [5.74, 6) is 0.798. The number of carbonyl (C=O) groups excluding carboxylic acids is 1. The fraction of sp³-hybridized carbons (Fsp3) is 0.211. The maximum Gasteiger partial charge on any atom is 0.288 e. The fourth-order valence-corrected chi connectivity index (χ4v) is 2.99. The number of rotatable bonds is 6. The topological polar surface area (TPSA) is 90.7 Å². The number of anilines is 1. The van der Waals surface area contributed by atoms with Crippen molar-refractivity contribution in [1.82, 2.24) is 0 Å². The molecule has 1 aliphatic rings. The van der Waals surface area contributed by atoms with Crippen LogP contribution in [-0.2, 0) is 4.79 Å². The van der Waals surface area contributed by atoms with Crippen molar-refractivity contribution in [3.8, 4) is 11.5 Å². The van der Waals surface area contributed by atoms with E-state index in [-0.39, 0.29) is 16.6 Å². The Morgan fingerprint density at radius 2 is 2.04 bits per heavy atom. The predicted octanol–water partition coefficient (Wildman–Crippen LogP) is 4.54. The number of fused-ring (bicyclic) bond motifs is 1. The van der Waals surface area contributed by atoms with Crippen molar-refractivity contribution < 1.29 is 19.2 Å². The lowest BCUT2D eigenvalue weighted by Gasteiger charge is -2.11. The summed E-state index contributed by atoms with van der Waals surface area (Å²) in [7, 11) is 1.55. The lowest BCUT2D eigenvalue weighted by molar-refractivity contribution is -0.384. The Morgan fingerprint density at radius 3 is 2.70 bits per heavy atom. The summed E-state index contributed by atoms with van der Waals surface area (Å²) in [6.45, 7) is 2.53. The minimum atomic E-state index is -0.576. The van der Waals surface area contributed by atoms with Crippen LogP contribution in [0.4, 0.5) is 11.4 Å². The minimum Gasteiger partial charge on any atom is -0.493 e. The molecule has 0 bridgehead atoms. The normalized spacial score (nSPS) is 14.0. The van der Waals surface area contributed by atoms with Gasteiger partial charge in [-0.3, -0.25) is 14.9 Å². The molecule has 3 rings (SSSR count). The highest BCUT2D eigenvalue weighted by molar-refractivity contribution is 6.37. The molecule has 2 aromatic carbocycles. The summed E-state index contributed by atoms with van der Waals surface area (Å²) in [4.78, 5) is 22.9. The molecule has 8 heteroatoms. The zero-order valence-electron chi connectivity index (χ0n) is 14.7. The van der Waals surface area contributed by atoms with Crippen molar-refractivity contribution in [2.24, 2.45) is 0 Å². The lowest BCUT2D eigenvalue weighted by Crippen LogP contribution is -2.03. The van der Waals surface area contributed by atoms with Crippen molar-refractivity contribution >= 4 is 40.5 Å². The van der Waals surface area contributed by atoms with Crippen molar-refractivity contribution in [3.05, 3.63) is 56.6 Å². The van der Waals surface area contributed by atoms with Gasteiger partial charge in [0, 0.05) is 17.2 Å². The Balaban J connectivity index is 2.05. The SMILES string of the molecule is CCCOc1cc(/C=C2/C(=O)Nc3cc(Cl)c([N+](=O)[O-])cc32)ccc1OC. The molecule has 2 aromatic rings. The van der Waals surface area contributed by atoms with Crippen LogP contribution < -0.4 is 14.8 Å². The van der Waals surface area contributed by atoms with E-state index in [2.05, 4.69) is 5.32 Å². The van der Waals surface area contributed by atoms with E-state index >= 15 is 0 Å². The first-order valence-electron chi connectivity index (χ1n) is 8.26. The number of nitro benzene ring substituents is 1. The molecule has 1 amide bonds. The van der Waals surface area contributed by atoms with Crippen LogP contribution in [0.15, 0.2) is 30.3 Å². The second-order valence-electron chi connectivity index (χ2n) is 5.88. The highest BCUT2D eigenvalue weighted by Gasteiger charge is 2.28. The van der Waals surface area contributed by atoms with Crippen LogP contribution in [0.1, 0.15) is 24.5 Å². The molecule has 0 saturated heterocycles. The monoisotopic (exact) mass is 388 g/mol. The van der Waals surface area contributed by atoms with Gasteiger partial charge in [0.15, 0.2) is 11.5 Å². The molecule has 0 aliphatic carbocycles. The Bertz CT molecular complexity index is 955. The molecule has 0 aromatic heterocycles. The molecule has 0 fully saturated rings. The zero-order valence-corrected chi connectivity index (χ0v) is 15.5. The van der Waals surface area contributed by atoms with Crippen LogP contribution >= 0.6 is 11.6 Å². The second kappa shape index (κ2) is 7.67. The first-order chi connectivity index (χ1) is 12.9. The van der Waals surface area contributed by atoms with Gasteiger partial charge in [-0.05, 0) is 36.3 Å². The standard InChI is InChI=1S/C19H17ClN2O5/c1-3-6-27-18-8-11(4-5-17(18)26-2)7-13-12-9-16(22(24)25)14(20)10-15(12)21-19(13)23/h4-5,7-10H,3,6H2,1-2H3,(H,21,23)/b13-7+. The number of nitro groups is 1. The average Bonchev–Trinajstić information content (AvgIpc) is 2.93. The second-order valence-corrected chi connectivity index (χ2v) is 6.28. The Labute approximate surface area is 160 Å². The van der Waals surface area contributed by atoms with Gasteiger partial charge in [0.2, 0.25) is 0 Å².